The molecule has 0 radical (unpaired) electrons. The van der Waals surface area contributed by atoms with E-state index in [0.717, 1.165) is 34.0 Å². The van der Waals surface area contributed by atoms with Crippen molar-refractivity contribution in [2.24, 2.45) is 0 Å². The Bertz CT molecular complexity index is 2220. The van der Waals surface area contributed by atoms with E-state index in [9.17, 15) is 9.59 Å². The molecule has 4 heterocycles. The van der Waals surface area contributed by atoms with Crippen molar-refractivity contribution < 1.29 is 19.0 Å². The Kier molecular flexibility index (Phi) is 12.0. The number of aryl methyl sites for hydroxylation is 1. The second kappa shape index (κ2) is 16.6. The number of nitrogens with zero attached hydrogens (tertiary/aromatic N) is 7. The predicted molar refractivity (Wildman–Crippen MR) is 222 cm³/mol. The summed E-state index contributed by atoms with van der Waals surface area (Å²) in [5.41, 5.74) is 3.39. The van der Waals surface area contributed by atoms with Gasteiger partial charge in [0.1, 0.15) is 33.9 Å². The molecule has 1 fully saturated rings. The molecule has 6 rings (SSSR count). The Labute approximate surface area is 337 Å². The number of anilines is 2. The van der Waals surface area contributed by atoms with Gasteiger partial charge in [-0.2, -0.15) is 4.98 Å². The highest BCUT2D eigenvalue weighted by atomic mass is 35.5. The number of hydrogen-bond acceptors (Lipinski definition) is 10. The topological polar surface area (TPSA) is 115 Å². The Hall–Kier alpha value is -5.07. The number of fused-ring (bicyclic) bond motifs is 1. The van der Waals surface area contributed by atoms with Gasteiger partial charge < -0.3 is 28.9 Å². The van der Waals surface area contributed by atoms with Gasteiger partial charge >= 0.3 is 11.8 Å². The number of piperazine rings is 1. The zero-order chi connectivity index (χ0) is 40.5. The van der Waals surface area contributed by atoms with Crippen LogP contribution in [0.15, 0.2) is 65.5 Å². The summed E-state index contributed by atoms with van der Waals surface area (Å²) in [5.74, 6) is 2.62. The maximum absolute atomic E-state index is 14.4. The van der Waals surface area contributed by atoms with Gasteiger partial charge in [-0.1, -0.05) is 61.3 Å². The summed E-state index contributed by atoms with van der Waals surface area (Å²) < 4.78 is 17.9. The highest BCUT2D eigenvalue weighted by Crippen LogP contribution is 2.35. The maximum atomic E-state index is 14.4. The second-order valence-corrected chi connectivity index (χ2v) is 16.2. The molecular weight excluding hydrogens is 753 g/mol. The molecule has 0 bridgehead atoms. The largest absolute Gasteiger partial charge is 0.497 e. The third-order valence-corrected chi connectivity index (χ3v) is 10.3. The summed E-state index contributed by atoms with van der Waals surface area (Å²) in [6.45, 7) is 15.9. The fraction of sp³-hybridized carbons (Fsp3) is 0.405. The van der Waals surface area contributed by atoms with Crippen LogP contribution in [0.1, 0.15) is 69.8 Å². The molecule has 5 aromatic rings. The van der Waals surface area contributed by atoms with Gasteiger partial charge in [-0.3, -0.25) is 0 Å². The van der Waals surface area contributed by atoms with Crippen LogP contribution in [0.3, 0.4) is 0 Å². The first-order valence-electron chi connectivity index (χ1n) is 18.6. The first-order valence-corrected chi connectivity index (χ1v) is 19.4. The normalized spacial score (nSPS) is 14.7. The van der Waals surface area contributed by atoms with Crippen LogP contribution in [0.2, 0.25) is 10.2 Å². The van der Waals surface area contributed by atoms with Gasteiger partial charge in [-0.05, 0) is 93.6 Å². The highest BCUT2D eigenvalue weighted by molar-refractivity contribution is 6.41. The Balaban J connectivity index is 1.45. The van der Waals surface area contributed by atoms with Crippen molar-refractivity contribution in [1.29, 1.82) is 0 Å². The van der Waals surface area contributed by atoms with Crippen LogP contribution in [0.5, 0.6) is 11.5 Å². The molecular formula is C42H49Cl2N7O5. The van der Waals surface area contributed by atoms with Gasteiger partial charge in [0, 0.05) is 38.8 Å². The van der Waals surface area contributed by atoms with E-state index in [2.05, 4.69) is 9.88 Å². The number of hydrogen-bond donors (Lipinski definition) is 0. The number of methoxy groups -OCH3 is 2. The van der Waals surface area contributed by atoms with Crippen LogP contribution in [0, 0.1) is 6.92 Å². The van der Waals surface area contributed by atoms with Crippen molar-refractivity contribution in [2.75, 3.05) is 43.7 Å². The van der Waals surface area contributed by atoms with E-state index < -0.39 is 11.3 Å². The van der Waals surface area contributed by atoms with Gasteiger partial charge in [0.15, 0.2) is 5.65 Å². The monoisotopic (exact) mass is 801 g/mol. The number of aromatic nitrogens is 4. The van der Waals surface area contributed by atoms with Crippen LogP contribution in [0.25, 0.3) is 16.7 Å². The lowest BCUT2D eigenvalue weighted by atomic mass is 10.0. The van der Waals surface area contributed by atoms with Crippen LogP contribution in [-0.2, 0) is 17.8 Å². The number of benzene rings is 2. The molecule has 56 heavy (non-hydrogen) atoms. The molecule has 0 aliphatic carbocycles. The number of carbonyl (C=O) groups is 1. The minimum absolute atomic E-state index is 0.0609. The molecule has 0 unspecified atom stereocenters. The Morgan fingerprint density at radius 3 is 2.02 bits per heavy atom. The van der Waals surface area contributed by atoms with Crippen LogP contribution in [0.4, 0.5) is 16.4 Å². The van der Waals surface area contributed by atoms with Crippen molar-refractivity contribution in [1.82, 2.24) is 24.4 Å². The molecule has 1 amide bonds. The smallest absolute Gasteiger partial charge is 0.410 e. The summed E-state index contributed by atoms with van der Waals surface area (Å²) in [6, 6.07) is 19.5. The third-order valence-electron chi connectivity index (χ3n) is 9.67. The zero-order valence-corrected chi connectivity index (χ0v) is 34.9. The molecule has 14 heteroatoms. The first kappa shape index (κ1) is 40.6. The maximum Gasteiger partial charge on any atom is 0.410 e. The molecule has 0 saturated carbocycles. The molecule has 1 aliphatic rings. The summed E-state index contributed by atoms with van der Waals surface area (Å²) in [7, 11) is 3.30. The molecule has 1 aliphatic heterocycles. The lowest BCUT2D eigenvalue weighted by molar-refractivity contribution is 0.0218. The molecule has 3 aromatic heterocycles. The van der Waals surface area contributed by atoms with E-state index in [1.807, 2.05) is 108 Å². The van der Waals surface area contributed by atoms with E-state index >= 15 is 0 Å². The van der Waals surface area contributed by atoms with E-state index in [4.69, 9.17) is 47.4 Å². The fourth-order valence-electron chi connectivity index (χ4n) is 6.92. The standard InChI is InChI=1S/C42H49Cl2N7O5/c1-25(2)35-36(26(3)20-34(45-35)49(23-28-10-14-30(54-8)15-11-28)24-29-12-16-31(55-9)17-13-29)51-39-32(21-33(43)37(44)46-39)38(47-40(51)52)50-19-18-48(22-27(50)4)41(53)56-42(5,6)7/h10-17,20-21,25,27H,18-19,22-24H2,1-9H3/t27-/m0/s1. The minimum atomic E-state index is -0.618. The number of halogens is 2. The Morgan fingerprint density at radius 2 is 1.50 bits per heavy atom. The van der Waals surface area contributed by atoms with Crippen LogP contribution < -0.4 is 25.0 Å². The average Bonchev–Trinajstić information content (AvgIpc) is 3.15. The summed E-state index contributed by atoms with van der Waals surface area (Å²) in [4.78, 5) is 47.9. The molecule has 1 saturated heterocycles. The third kappa shape index (κ3) is 8.81. The second-order valence-electron chi connectivity index (χ2n) is 15.4. The highest BCUT2D eigenvalue weighted by Gasteiger charge is 2.33. The average molecular weight is 803 g/mol. The van der Waals surface area contributed by atoms with Gasteiger partial charge in [0.25, 0.3) is 0 Å². The van der Waals surface area contributed by atoms with E-state index in [1.54, 1.807) is 25.2 Å². The number of rotatable bonds is 10. The summed E-state index contributed by atoms with van der Waals surface area (Å²) in [6.07, 6.45) is -0.382. The first-order chi connectivity index (χ1) is 26.6. The number of amides is 1. The molecule has 0 spiro atoms. The molecule has 296 valence electrons. The van der Waals surface area contributed by atoms with Gasteiger partial charge in [0.05, 0.1) is 36.0 Å². The SMILES string of the molecule is COc1ccc(CN(Cc2ccc(OC)cc2)c2cc(C)c(-n3c(=O)nc(N4CCN(C(=O)OC(C)(C)C)C[C@@H]4C)c4cc(Cl)c(Cl)nc43)c(C(C)C)n2)cc1. The predicted octanol–water partition coefficient (Wildman–Crippen LogP) is 8.58. The number of ether oxygens (including phenoxy) is 3. The molecule has 2 aromatic carbocycles. The van der Waals surface area contributed by atoms with Gasteiger partial charge in [-0.25, -0.2) is 24.1 Å². The van der Waals surface area contributed by atoms with Crippen molar-refractivity contribution in [2.45, 2.75) is 79.1 Å². The van der Waals surface area contributed by atoms with Gasteiger partial charge in [-0.15, -0.1) is 0 Å². The Morgan fingerprint density at radius 1 is 0.911 bits per heavy atom. The molecule has 0 N–H and O–H groups in total. The van der Waals surface area contributed by atoms with Crippen LogP contribution in [-0.4, -0.2) is 76.0 Å². The lowest BCUT2D eigenvalue weighted by Gasteiger charge is -2.41. The minimum Gasteiger partial charge on any atom is -0.497 e. The summed E-state index contributed by atoms with van der Waals surface area (Å²) >= 11 is 13.2. The van der Waals surface area contributed by atoms with Crippen molar-refractivity contribution in [3.05, 3.63) is 104 Å². The quantitative estimate of drug-likeness (QED) is 0.127. The number of carbonyl (C=O) groups excluding carboxylic acids is 1. The van der Waals surface area contributed by atoms with Gasteiger partial charge in [0.2, 0.25) is 0 Å². The van der Waals surface area contributed by atoms with Crippen LogP contribution >= 0.6 is 23.2 Å². The molecule has 12 nitrogen and oxygen atoms in total. The van der Waals surface area contributed by atoms with E-state index in [0.29, 0.717) is 61.0 Å². The summed E-state index contributed by atoms with van der Waals surface area (Å²) in [5, 5.41) is 0.843. The van der Waals surface area contributed by atoms with E-state index in [1.165, 1.54) is 4.57 Å². The van der Waals surface area contributed by atoms with Crippen molar-refractivity contribution in [3.63, 3.8) is 0 Å². The fourth-order valence-corrected chi connectivity index (χ4v) is 7.20. The lowest BCUT2D eigenvalue weighted by Crippen LogP contribution is -2.55. The van der Waals surface area contributed by atoms with E-state index in [-0.39, 0.29) is 28.2 Å². The number of pyridine rings is 2. The van der Waals surface area contributed by atoms with Crippen molar-refractivity contribution in [3.8, 4) is 17.2 Å². The molecule has 1 atom stereocenters. The zero-order valence-electron chi connectivity index (χ0n) is 33.4. The van der Waals surface area contributed by atoms with Crippen molar-refractivity contribution >= 4 is 52.0 Å².